The Bertz CT molecular complexity index is 1670. The lowest BCUT2D eigenvalue weighted by Crippen LogP contribution is -2.62. The van der Waals surface area contributed by atoms with Gasteiger partial charge in [0.1, 0.15) is 0 Å². The highest BCUT2D eigenvalue weighted by Crippen LogP contribution is 2.75. The van der Waals surface area contributed by atoms with E-state index >= 15 is 0 Å². The molecule has 278 valence electrons. The van der Waals surface area contributed by atoms with Crippen LogP contribution in [0.5, 0.6) is 0 Å². The number of ketones is 1. The summed E-state index contributed by atoms with van der Waals surface area (Å²) in [6.07, 6.45) is 16.2. The van der Waals surface area contributed by atoms with Gasteiger partial charge >= 0.3 is 6.03 Å². The minimum absolute atomic E-state index is 0.0149. The number of allylic oxidation sites excluding steroid dienone is 7. The Morgan fingerprint density at radius 1 is 0.941 bits per heavy atom. The van der Waals surface area contributed by atoms with Crippen molar-refractivity contribution >= 4 is 35.4 Å². The first-order valence-electron chi connectivity index (χ1n) is 19.4. The Hall–Kier alpha value is -3.01. The first kappa shape index (κ1) is 36.4. The number of hydrogen-bond acceptors (Lipinski definition) is 6. The van der Waals surface area contributed by atoms with Crippen molar-refractivity contribution in [3.8, 4) is 0 Å². The molecular formula is C41H58N4O5S. The highest BCUT2D eigenvalue weighted by Gasteiger charge is 2.67. The van der Waals surface area contributed by atoms with Gasteiger partial charge in [0.25, 0.3) is 0 Å². The van der Waals surface area contributed by atoms with Crippen molar-refractivity contribution in [1.29, 1.82) is 0 Å². The molecule has 0 aromatic heterocycles. The van der Waals surface area contributed by atoms with Gasteiger partial charge in [-0.3, -0.25) is 14.4 Å². The molecule has 0 bridgehead atoms. The fourth-order valence-corrected chi connectivity index (χ4v) is 13.2. The molecule has 7 aliphatic rings. The summed E-state index contributed by atoms with van der Waals surface area (Å²) in [5.41, 5.74) is 3.42. The molecule has 5 fully saturated rings. The van der Waals surface area contributed by atoms with Crippen molar-refractivity contribution in [3.05, 3.63) is 46.3 Å². The van der Waals surface area contributed by atoms with Gasteiger partial charge in [0.2, 0.25) is 17.6 Å². The minimum atomic E-state index is -0.479. The molecule has 0 aromatic rings. The summed E-state index contributed by atoms with van der Waals surface area (Å²) in [4.78, 5) is 50.9. The summed E-state index contributed by atoms with van der Waals surface area (Å²) in [5.74, 6) is 0.987. The number of hydrogen-bond donors (Lipinski definition) is 5. The van der Waals surface area contributed by atoms with E-state index in [1.165, 1.54) is 5.57 Å². The summed E-state index contributed by atoms with van der Waals surface area (Å²) in [6.45, 7) is 14.5. The van der Waals surface area contributed by atoms with E-state index < -0.39 is 5.41 Å². The van der Waals surface area contributed by atoms with E-state index in [9.17, 15) is 24.3 Å². The number of fused-ring (bicyclic) bond motifs is 8. The number of unbranched alkanes of at least 4 members (excludes halogenated alkanes) is 1. The maximum Gasteiger partial charge on any atom is 0.315 e. The second-order valence-electron chi connectivity index (χ2n) is 18.1. The number of rotatable bonds is 9. The van der Waals surface area contributed by atoms with Gasteiger partial charge in [-0.25, -0.2) is 4.79 Å². The summed E-state index contributed by atoms with van der Waals surface area (Å²) in [6, 6.07) is 0.360. The normalized spacial score (nSPS) is 41.0. The van der Waals surface area contributed by atoms with E-state index in [4.69, 9.17) is 0 Å². The molecule has 5 aliphatic carbocycles. The third-order valence-electron chi connectivity index (χ3n) is 15.2. The van der Waals surface area contributed by atoms with Crippen LogP contribution in [0.2, 0.25) is 0 Å². The van der Waals surface area contributed by atoms with Crippen LogP contribution in [0, 0.1) is 33.0 Å². The second kappa shape index (κ2) is 12.8. The molecule has 5 N–H and O–H groups in total. The molecule has 3 saturated carbocycles. The Balaban J connectivity index is 0.948. The minimum Gasteiger partial charge on any atom is -0.504 e. The lowest BCUT2D eigenvalue weighted by molar-refractivity contribution is -0.169. The van der Waals surface area contributed by atoms with E-state index in [-0.39, 0.29) is 63.1 Å². The van der Waals surface area contributed by atoms with Gasteiger partial charge in [-0.1, -0.05) is 58.8 Å². The molecule has 7 rings (SSSR count). The maximum atomic E-state index is 13.9. The van der Waals surface area contributed by atoms with E-state index in [0.29, 0.717) is 36.3 Å². The van der Waals surface area contributed by atoms with Crippen LogP contribution in [0.15, 0.2) is 46.3 Å². The molecule has 2 heterocycles. The highest BCUT2D eigenvalue weighted by molar-refractivity contribution is 8.00. The molecule has 9 atom stereocenters. The number of carbonyl (C=O) groups excluding carboxylic acids is 4. The van der Waals surface area contributed by atoms with Gasteiger partial charge < -0.3 is 26.4 Å². The smallest absolute Gasteiger partial charge is 0.315 e. The monoisotopic (exact) mass is 718 g/mol. The fraction of sp³-hybridized carbons (Fsp3) is 0.707. The molecule has 0 unspecified atom stereocenters. The molecule has 51 heavy (non-hydrogen) atoms. The van der Waals surface area contributed by atoms with Crippen molar-refractivity contribution in [2.24, 2.45) is 33.0 Å². The van der Waals surface area contributed by atoms with Gasteiger partial charge in [0.05, 0.1) is 12.1 Å². The molecule has 0 radical (unpaired) electrons. The summed E-state index contributed by atoms with van der Waals surface area (Å²) >= 11 is 1.90. The zero-order valence-corrected chi connectivity index (χ0v) is 32.2. The zero-order valence-electron chi connectivity index (χ0n) is 31.4. The van der Waals surface area contributed by atoms with Crippen molar-refractivity contribution in [2.75, 3.05) is 18.8 Å². The number of urea groups is 1. The second-order valence-corrected chi connectivity index (χ2v) is 19.4. The SMILES string of the molecule is CC1=C(O)C(=O)C=C2C1=CC=C1[C@@]2(C)CC[C@@]2(C)[C@@H]3C[C@](C)(C(=O)NCCNC(=O)CCCC[C@@H]4SC[C@@H]5NC(=O)N[C@@H]54)CC[C@]3(C)CC[C@]12C. The molecule has 0 spiro atoms. The predicted octanol–water partition coefficient (Wildman–Crippen LogP) is 6.57. The van der Waals surface area contributed by atoms with Gasteiger partial charge in [0, 0.05) is 46.9 Å². The Labute approximate surface area is 307 Å². The van der Waals surface area contributed by atoms with Crippen LogP contribution >= 0.6 is 11.8 Å². The average Bonchev–Trinajstić information content (AvgIpc) is 3.65. The van der Waals surface area contributed by atoms with Crippen molar-refractivity contribution in [2.45, 2.75) is 130 Å². The van der Waals surface area contributed by atoms with Crippen LogP contribution in [0.4, 0.5) is 4.79 Å². The fourth-order valence-electron chi connectivity index (χ4n) is 11.6. The lowest BCUT2D eigenvalue weighted by atomic mass is 9.34. The number of amides is 4. The Morgan fingerprint density at radius 3 is 2.47 bits per heavy atom. The van der Waals surface area contributed by atoms with Gasteiger partial charge in [-0.2, -0.15) is 11.8 Å². The number of nitrogens with one attached hydrogen (secondary N) is 4. The van der Waals surface area contributed by atoms with Crippen molar-refractivity contribution in [3.63, 3.8) is 0 Å². The molecule has 0 aromatic carbocycles. The van der Waals surface area contributed by atoms with Gasteiger partial charge in [0.15, 0.2) is 5.76 Å². The van der Waals surface area contributed by atoms with E-state index in [2.05, 4.69) is 68.0 Å². The molecule has 10 heteroatoms. The predicted molar refractivity (Wildman–Crippen MR) is 201 cm³/mol. The topological polar surface area (TPSA) is 137 Å². The zero-order chi connectivity index (χ0) is 36.6. The third kappa shape index (κ3) is 5.81. The maximum absolute atomic E-state index is 13.9. The van der Waals surface area contributed by atoms with Crippen molar-refractivity contribution < 1.29 is 24.3 Å². The van der Waals surface area contributed by atoms with E-state index in [0.717, 1.165) is 81.1 Å². The molecule has 4 amide bonds. The summed E-state index contributed by atoms with van der Waals surface area (Å²) < 4.78 is 0. The first-order valence-corrected chi connectivity index (χ1v) is 20.4. The quantitative estimate of drug-likeness (QED) is 0.135. The van der Waals surface area contributed by atoms with Gasteiger partial charge in [-0.15, -0.1) is 0 Å². The number of thioether (sulfide) groups is 1. The van der Waals surface area contributed by atoms with Crippen LogP contribution in [0.1, 0.15) is 112 Å². The Morgan fingerprint density at radius 2 is 1.69 bits per heavy atom. The number of aliphatic hydroxyl groups is 1. The standard InChI is InChI=1S/C41H58N4O5S/c1-24-25-11-12-30-39(4,26(25)21-28(46)34(24)48)16-18-41(6)31-22-38(3,14-13-37(31,2)15-17-40(30,41)5)35(49)43-20-19-42-32(47)10-8-7-9-29-33-27(23-51-29)44-36(50)45-33/h11-12,21,27,29,31,33,48H,7-10,13-20,22-23H2,1-6H3,(H,42,47)(H,43,49)(H2,44,45,50)/t27-,29-,31+,33-,37+,38+,39-,40+,41-/m0/s1. The molecular weight excluding hydrogens is 661 g/mol. The molecule has 2 saturated heterocycles. The molecule has 9 nitrogen and oxygen atoms in total. The van der Waals surface area contributed by atoms with Crippen LogP contribution in [-0.4, -0.2) is 64.9 Å². The van der Waals surface area contributed by atoms with Gasteiger partial charge in [-0.05, 0) is 104 Å². The summed E-state index contributed by atoms with van der Waals surface area (Å²) in [5, 5.41) is 23.1. The first-order chi connectivity index (χ1) is 24.0. The van der Waals surface area contributed by atoms with Crippen LogP contribution in [-0.2, 0) is 14.4 Å². The molecule has 2 aliphatic heterocycles. The van der Waals surface area contributed by atoms with E-state index in [1.54, 1.807) is 6.08 Å². The van der Waals surface area contributed by atoms with E-state index in [1.807, 2.05) is 18.7 Å². The number of aliphatic hydroxyl groups excluding tert-OH is 1. The largest absolute Gasteiger partial charge is 0.504 e. The summed E-state index contributed by atoms with van der Waals surface area (Å²) in [7, 11) is 0. The third-order valence-corrected chi connectivity index (χ3v) is 16.7. The van der Waals surface area contributed by atoms with Crippen LogP contribution in [0.3, 0.4) is 0 Å². The Kier molecular flexibility index (Phi) is 9.15. The van der Waals surface area contributed by atoms with Crippen LogP contribution in [0.25, 0.3) is 0 Å². The average molecular weight is 719 g/mol. The highest BCUT2D eigenvalue weighted by atomic mass is 32.2. The van der Waals surface area contributed by atoms with Crippen molar-refractivity contribution in [1.82, 2.24) is 21.3 Å². The van der Waals surface area contributed by atoms with Crippen LogP contribution < -0.4 is 21.3 Å². The lowest BCUT2D eigenvalue weighted by Gasteiger charge is -2.70. The number of carbonyl (C=O) groups is 4.